The van der Waals surface area contributed by atoms with E-state index < -0.39 is 5.54 Å². The maximum absolute atomic E-state index is 12.8. The molecule has 0 aliphatic heterocycles. The molecule has 22 heavy (non-hydrogen) atoms. The van der Waals surface area contributed by atoms with Crippen molar-refractivity contribution in [1.82, 2.24) is 9.78 Å². The lowest BCUT2D eigenvalue weighted by Gasteiger charge is -2.17. The second-order valence-corrected chi connectivity index (χ2v) is 6.94. The first-order valence-corrected chi connectivity index (χ1v) is 8.09. The number of thiophene rings is 1. The second-order valence-electron chi connectivity index (χ2n) is 5.88. The number of rotatable bonds is 4. The molecule has 0 spiro atoms. The number of nitrogens with zero attached hydrogens (tertiary/aromatic N) is 2. The number of carbonyl (C=O) groups is 1. The van der Waals surface area contributed by atoms with Crippen LogP contribution in [0.2, 0.25) is 0 Å². The third kappa shape index (κ3) is 2.03. The smallest absolute Gasteiger partial charge is 0.333 e. The van der Waals surface area contributed by atoms with Crippen molar-refractivity contribution in [3.63, 3.8) is 0 Å². The van der Waals surface area contributed by atoms with Gasteiger partial charge in [-0.25, -0.2) is 9.48 Å². The van der Waals surface area contributed by atoms with Crippen molar-refractivity contribution in [1.29, 1.82) is 0 Å². The van der Waals surface area contributed by atoms with Gasteiger partial charge in [0.05, 0.1) is 17.8 Å². The number of esters is 1. The molecular weight excluding hydrogens is 302 g/mol. The molecule has 0 aromatic carbocycles. The number of hydrogen-bond acceptors (Lipinski definition) is 6. The molecule has 0 unspecified atom stereocenters. The molecule has 0 radical (unpaired) electrons. The van der Waals surface area contributed by atoms with Gasteiger partial charge in [0, 0.05) is 12.4 Å². The van der Waals surface area contributed by atoms with E-state index in [1.165, 1.54) is 23.1 Å². The van der Waals surface area contributed by atoms with E-state index in [0.717, 1.165) is 16.1 Å². The van der Waals surface area contributed by atoms with E-state index in [-0.39, 0.29) is 17.4 Å². The largest absolute Gasteiger partial charge is 0.467 e. The summed E-state index contributed by atoms with van der Waals surface area (Å²) < 4.78 is 6.87. The summed E-state index contributed by atoms with van der Waals surface area (Å²) in [6.07, 6.45) is 1.19. The van der Waals surface area contributed by atoms with Gasteiger partial charge in [0.2, 0.25) is 0 Å². The molecular formula is C15H19N3O3S. The summed E-state index contributed by atoms with van der Waals surface area (Å²) in [4.78, 5) is 24.9. The SMILES string of the molecule is CNc1cc2c(C(C)C)nn(C3(C(=O)OC)CC3)c(=O)c2s1. The van der Waals surface area contributed by atoms with Gasteiger partial charge in [0.25, 0.3) is 5.56 Å². The highest BCUT2D eigenvalue weighted by atomic mass is 32.1. The molecule has 2 aromatic heterocycles. The molecule has 2 heterocycles. The second kappa shape index (κ2) is 5.08. The predicted octanol–water partition coefficient (Wildman–Crippen LogP) is 2.29. The van der Waals surface area contributed by atoms with Crippen LogP contribution >= 0.6 is 11.3 Å². The quantitative estimate of drug-likeness (QED) is 0.875. The molecule has 118 valence electrons. The Morgan fingerprint density at radius 2 is 2.18 bits per heavy atom. The van der Waals surface area contributed by atoms with E-state index in [1.807, 2.05) is 27.0 Å². The third-order valence-electron chi connectivity index (χ3n) is 4.09. The molecule has 3 rings (SSSR count). The van der Waals surface area contributed by atoms with Crippen LogP contribution in [0.3, 0.4) is 0 Å². The van der Waals surface area contributed by atoms with Crippen LogP contribution in [0.15, 0.2) is 10.9 Å². The zero-order valence-electron chi connectivity index (χ0n) is 13.1. The minimum Gasteiger partial charge on any atom is -0.467 e. The number of carbonyl (C=O) groups excluding carboxylic acids is 1. The fourth-order valence-electron chi connectivity index (χ4n) is 2.69. The van der Waals surface area contributed by atoms with Gasteiger partial charge >= 0.3 is 5.97 Å². The Labute approximate surface area is 132 Å². The molecule has 0 bridgehead atoms. The maximum Gasteiger partial charge on any atom is 0.333 e. The minimum atomic E-state index is -0.909. The Hall–Kier alpha value is -1.89. The summed E-state index contributed by atoms with van der Waals surface area (Å²) in [6.45, 7) is 4.07. The number of aromatic nitrogens is 2. The lowest BCUT2D eigenvalue weighted by atomic mass is 10.1. The van der Waals surface area contributed by atoms with E-state index >= 15 is 0 Å². The summed E-state index contributed by atoms with van der Waals surface area (Å²) in [6, 6.07) is 1.95. The molecule has 1 saturated carbocycles. The predicted molar refractivity (Wildman–Crippen MR) is 86.7 cm³/mol. The van der Waals surface area contributed by atoms with Crippen molar-refractivity contribution >= 4 is 32.4 Å². The Kier molecular flexibility index (Phi) is 3.47. The number of nitrogens with one attached hydrogen (secondary N) is 1. The van der Waals surface area contributed by atoms with Gasteiger partial charge in [-0.2, -0.15) is 5.10 Å². The fraction of sp³-hybridized carbons (Fsp3) is 0.533. The lowest BCUT2D eigenvalue weighted by molar-refractivity contribution is -0.146. The van der Waals surface area contributed by atoms with Crippen molar-refractivity contribution in [2.75, 3.05) is 19.5 Å². The Morgan fingerprint density at radius 1 is 1.50 bits per heavy atom. The number of methoxy groups -OCH3 is 1. The molecule has 0 saturated heterocycles. The van der Waals surface area contributed by atoms with E-state index in [2.05, 4.69) is 10.4 Å². The van der Waals surface area contributed by atoms with Crippen LogP contribution in [0.5, 0.6) is 0 Å². The summed E-state index contributed by atoms with van der Waals surface area (Å²) >= 11 is 1.40. The van der Waals surface area contributed by atoms with Crippen molar-refractivity contribution in [2.45, 2.75) is 38.1 Å². The molecule has 1 aliphatic carbocycles. The van der Waals surface area contributed by atoms with Gasteiger partial charge < -0.3 is 10.1 Å². The molecule has 0 amide bonds. The van der Waals surface area contributed by atoms with Gasteiger partial charge in [0.1, 0.15) is 4.70 Å². The summed E-state index contributed by atoms with van der Waals surface area (Å²) in [5.74, 6) is -0.233. The van der Waals surface area contributed by atoms with Gasteiger partial charge in [-0.1, -0.05) is 13.8 Å². The van der Waals surface area contributed by atoms with Crippen molar-refractivity contribution in [2.24, 2.45) is 0 Å². The maximum atomic E-state index is 12.8. The Bertz CT molecular complexity index is 802. The first-order chi connectivity index (χ1) is 10.4. The van der Waals surface area contributed by atoms with E-state index in [4.69, 9.17) is 4.74 Å². The van der Waals surface area contributed by atoms with Gasteiger partial charge in [-0.15, -0.1) is 11.3 Å². The number of anilines is 1. The zero-order chi connectivity index (χ0) is 16.1. The Morgan fingerprint density at radius 3 is 2.68 bits per heavy atom. The first kappa shape index (κ1) is 15.0. The van der Waals surface area contributed by atoms with E-state index in [1.54, 1.807) is 0 Å². The van der Waals surface area contributed by atoms with Crippen LogP contribution in [0, 0.1) is 0 Å². The highest BCUT2D eigenvalue weighted by Gasteiger charge is 2.55. The molecule has 6 nitrogen and oxygen atoms in total. The fourth-order valence-corrected chi connectivity index (χ4v) is 3.64. The van der Waals surface area contributed by atoms with E-state index in [9.17, 15) is 9.59 Å². The van der Waals surface area contributed by atoms with Crippen LogP contribution in [0.25, 0.3) is 10.1 Å². The van der Waals surface area contributed by atoms with Crippen LogP contribution in [0.4, 0.5) is 5.00 Å². The average molecular weight is 321 g/mol. The standard InChI is InChI=1S/C15H19N3O3S/c1-8(2)11-9-7-10(16-3)22-12(9)13(19)18(17-11)15(5-6-15)14(20)21-4/h7-8,16H,5-6H2,1-4H3. The molecule has 1 aliphatic rings. The van der Waals surface area contributed by atoms with Gasteiger partial charge in [0.15, 0.2) is 5.54 Å². The molecule has 0 atom stereocenters. The minimum absolute atomic E-state index is 0.155. The highest BCUT2D eigenvalue weighted by molar-refractivity contribution is 7.22. The molecule has 1 N–H and O–H groups in total. The highest BCUT2D eigenvalue weighted by Crippen LogP contribution is 2.44. The molecule has 2 aromatic rings. The summed E-state index contributed by atoms with van der Waals surface area (Å²) in [5.41, 5.74) is -0.288. The molecule has 1 fully saturated rings. The first-order valence-electron chi connectivity index (χ1n) is 7.28. The summed E-state index contributed by atoms with van der Waals surface area (Å²) in [7, 11) is 3.17. The number of ether oxygens (including phenoxy) is 1. The number of fused-ring (bicyclic) bond motifs is 1. The number of hydrogen-bond donors (Lipinski definition) is 1. The summed E-state index contributed by atoms with van der Waals surface area (Å²) in [5, 5.41) is 9.38. The van der Waals surface area contributed by atoms with Crippen LogP contribution in [0.1, 0.15) is 38.3 Å². The van der Waals surface area contributed by atoms with E-state index in [0.29, 0.717) is 17.5 Å². The monoisotopic (exact) mass is 321 g/mol. The molecule has 7 heteroatoms. The van der Waals surface area contributed by atoms with Crippen molar-refractivity contribution in [3.05, 3.63) is 22.1 Å². The van der Waals surface area contributed by atoms with Crippen LogP contribution in [-0.4, -0.2) is 29.9 Å². The normalized spacial score (nSPS) is 16.0. The van der Waals surface area contributed by atoms with Gasteiger partial charge in [-0.3, -0.25) is 4.79 Å². The topological polar surface area (TPSA) is 73.2 Å². The van der Waals surface area contributed by atoms with Gasteiger partial charge in [-0.05, 0) is 24.8 Å². The van der Waals surface area contributed by atoms with Crippen molar-refractivity contribution < 1.29 is 9.53 Å². The van der Waals surface area contributed by atoms with Crippen LogP contribution < -0.4 is 10.9 Å². The third-order valence-corrected chi connectivity index (χ3v) is 5.23. The zero-order valence-corrected chi connectivity index (χ0v) is 13.9. The van der Waals surface area contributed by atoms with Crippen LogP contribution in [-0.2, 0) is 15.1 Å². The average Bonchev–Trinajstić information content (AvgIpc) is 3.18. The lowest BCUT2D eigenvalue weighted by Crippen LogP contribution is -2.39. The van der Waals surface area contributed by atoms with Crippen molar-refractivity contribution in [3.8, 4) is 0 Å². The Balaban J connectivity index is 2.31.